The summed E-state index contributed by atoms with van der Waals surface area (Å²) in [7, 11) is 0. The van der Waals surface area contributed by atoms with Gasteiger partial charge in [-0.05, 0) is 24.6 Å². The maximum atomic E-state index is 13.0. The Morgan fingerprint density at radius 3 is 2.75 bits per heavy atom. The largest absolute Gasteiger partial charge is 0.417 e. The van der Waals surface area contributed by atoms with Crippen molar-refractivity contribution >= 4 is 22.9 Å². The number of halogens is 3. The van der Waals surface area contributed by atoms with Gasteiger partial charge in [0.2, 0.25) is 0 Å². The third-order valence-electron chi connectivity index (χ3n) is 3.21. The minimum atomic E-state index is -4.48. The van der Waals surface area contributed by atoms with Crippen LogP contribution in [0.25, 0.3) is 0 Å². The van der Waals surface area contributed by atoms with Crippen LogP contribution in [0.15, 0.2) is 18.2 Å². The fraction of sp³-hybridized carbons (Fsp3) is 0.462. The molecule has 1 aliphatic rings. The Morgan fingerprint density at radius 1 is 1.45 bits per heavy atom. The van der Waals surface area contributed by atoms with Gasteiger partial charge in [-0.2, -0.15) is 13.2 Å². The summed E-state index contributed by atoms with van der Waals surface area (Å²) in [4.78, 5) is -0.256. The summed E-state index contributed by atoms with van der Waals surface area (Å²) in [5.74, 6) is 0.333. The number of ether oxygens (including phenoxy) is 1. The highest BCUT2D eigenvalue weighted by Gasteiger charge is 2.34. The molecule has 1 heterocycles. The Hall–Kier alpha value is -1.34. The zero-order chi connectivity index (χ0) is 14.8. The molecular weight excluding hydrogens is 289 g/mol. The number of nitrogens with two attached hydrogens (primary N) is 1. The molecule has 1 aromatic carbocycles. The van der Waals surface area contributed by atoms with E-state index in [1.807, 2.05) is 0 Å². The molecule has 0 saturated carbocycles. The first-order chi connectivity index (χ1) is 9.38. The highest BCUT2D eigenvalue weighted by Crippen LogP contribution is 2.34. The molecule has 1 fully saturated rings. The van der Waals surface area contributed by atoms with Crippen molar-refractivity contribution in [1.29, 1.82) is 0 Å². The number of hydrogen-bond acceptors (Lipinski definition) is 3. The lowest BCUT2D eigenvalue weighted by Crippen LogP contribution is -2.19. The van der Waals surface area contributed by atoms with Crippen molar-refractivity contribution < 1.29 is 17.9 Å². The average molecular weight is 304 g/mol. The molecule has 20 heavy (non-hydrogen) atoms. The van der Waals surface area contributed by atoms with Gasteiger partial charge in [0.15, 0.2) is 0 Å². The molecule has 1 unspecified atom stereocenters. The first-order valence-corrected chi connectivity index (χ1v) is 6.61. The molecule has 1 atom stereocenters. The van der Waals surface area contributed by atoms with E-state index in [4.69, 9.17) is 10.5 Å². The first kappa shape index (κ1) is 15.1. The zero-order valence-corrected chi connectivity index (χ0v) is 11.5. The maximum absolute atomic E-state index is 13.0. The molecule has 1 saturated heterocycles. The molecule has 7 heteroatoms. The van der Waals surface area contributed by atoms with Crippen LogP contribution in [0, 0.1) is 5.92 Å². The predicted molar refractivity (Wildman–Crippen MR) is 74.7 cm³/mol. The highest BCUT2D eigenvalue weighted by atomic mass is 32.1. The number of hydrogen-bond donors (Lipinski definition) is 2. The topological polar surface area (TPSA) is 47.3 Å². The maximum Gasteiger partial charge on any atom is 0.417 e. The van der Waals surface area contributed by atoms with E-state index in [9.17, 15) is 13.2 Å². The molecule has 0 spiro atoms. The van der Waals surface area contributed by atoms with Crippen molar-refractivity contribution in [3.05, 3.63) is 29.3 Å². The molecule has 3 nitrogen and oxygen atoms in total. The summed E-state index contributed by atoms with van der Waals surface area (Å²) >= 11 is 4.65. The Bertz CT molecular complexity index is 499. The van der Waals surface area contributed by atoms with Gasteiger partial charge in [0.05, 0.1) is 12.2 Å². The second kappa shape index (κ2) is 5.97. The summed E-state index contributed by atoms with van der Waals surface area (Å²) in [6, 6.07) is 3.91. The standard InChI is InChI=1S/C13H15F3N2OS/c14-13(15,16)11-5-9(1-2-10(11)12(17)20)18-6-8-3-4-19-7-8/h1-2,5,8,18H,3-4,6-7H2,(H2,17,20). The van der Waals surface area contributed by atoms with Crippen LogP contribution in [0.3, 0.4) is 0 Å². The van der Waals surface area contributed by atoms with Gasteiger partial charge in [-0.25, -0.2) is 0 Å². The molecule has 0 aromatic heterocycles. The van der Waals surface area contributed by atoms with Crippen LogP contribution in [0.2, 0.25) is 0 Å². The molecule has 2 rings (SSSR count). The highest BCUT2D eigenvalue weighted by molar-refractivity contribution is 7.80. The van der Waals surface area contributed by atoms with Gasteiger partial charge in [0, 0.05) is 30.3 Å². The van der Waals surface area contributed by atoms with Crippen LogP contribution >= 0.6 is 12.2 Å². The molecule has 0 radical (unpaired) electrons. The second-order valence-electron chi connectivity index (χ2n) is 4.73. The lowest BCUT2D eigenvalue weighted by atomic mass is 10.1. The van der Waals surface area contributed by atoms with Gasteiger partial charge in [-0.3, -0.25) is 0 Å². The van der Waals surface area contributed by atoms with Crippen LogP contribution in [0.5, 0.6) is 0 Å². The van der Waals surface area contributed by atoms with E-state index in [1.54, 1.807) is 6.07 Å². The SMILES string of the molecule is NC(=S)c1ccc(NCC2CCOC2)cc1C(F)(F)F. The van der Waals surface area contributed by atoms with E-state index in [2.05, 4.69) is 17.5 Å². The number of alkyl halides is 3. The minimum absolute atomic E-state index is 0.151. The van der Waals surface area contributed by atoms with E-state index in [1.165, 1.54) is 6.07 Å². The quantitative estimate of drug-likeness (QED) is 0.840. The van der Waals surface area contributed by atoms with Crippen molar-refractivity contribution in [3.8, 4) is 0 Å². The molecule has 0 aliphatic carbocycles. The summed E-state index contributed by atoms with van der Waals surface area (Å²) in [5, 5.41) is 3.00. The van der Waals surface area contributed by atoms with Gasteiger partial charge in [0.25, 0.3) is 0 Å². The zero-order valence-electron chi connectivity index (χ0n) is 10.7. The normalized spacial score (nSPS) is 19.1. The first-order valence-electron chi connectivity index (χ1n) is 6.20. The third-order valence-corrected chi connectivity index (χ3v) is 3.43. The fourth-order valence-electron chi connectivity index (χ4n) is 2.11. The number of anilines is 1. The number of thiocarbonyl (C=S) groups is 1. The summed E-state index contributed by atoms with van der Waals surface area (Å²) < 4.78 is 44.1. The van der Waals surface area contributed by atoms with Crippen LogP contribution < -0.4 is 11.1 Å². The predicted octanol–water partition coefficient (Wildman–Crippen LogP) is 2.79. The van der Waals surface area contributed by atoms with Gasteiger partial charge >= 0.3 is 6.18 Å². The lowest BCUT2D eigenvalue weighted by molar-refractivity contribution is -0.137. The molecule has 1 aromatic rings. The van der Waals surface area contributed by atoms with Gasteiger partial charge in [-0.1, -0.05) is 12.2 Å². The summed E-state index contributed by atoms with van der Waals surface area (Å²) in [6.07, 6.45) is -3.56. The van der Waals surface area contributed by atoms with E-state index < -0.39 is 11.7 Å². The Labute approximate surface area is 120 Å². The third kappa shape index (κ3) is 3.61. The molecule has 1 aliphatic heterocycles. The van der Waals surface area contributed by atoms with Crippen molar-refractivity contribution in [2.75, 3.05) is 25.1 Å². The van der Waals surface area contributed by atoms with Gasteiger partial charge < -0.3 is 15.8 Å². The Balaban J connectivity index is 2.16. The van der Waals surface area contributed by atoms with E-state index in [0.29, 0.717) is 31.4 Å². The number of nitrogens with one attached hydrogen (secondary N) is 1. The van der Waals surface area contributed by atoms with Crippen LogP contribution in [0.1, 0.15) is 17.5 Å². The molecule has 0 amide bonds. The van der Waals surface area contributed by atoms with E-state index >= 15 is 0 Å². The lowest BCUT2D eigenvalue weighted by Gasteiger charge is -2.16. The minimum Gasteiger partial charge on any atom is -0.389 e. The van der Waals surface area contributed by atoms with Crippen LogP contribution in [0.4, 0.5) is 18.9 Å². The molecular formula is C13H15F3N2OS. The van der Waals surface area contributed by atoms with Crippen LogP contribution in [-0.2, 0) is 10.9 Å². The molecule has 0 bridgehead atoms. The molecule has 3 N–H and O–H groups in total. The second-order valence-corrected chi connectivity index (χ2v) is 5.17. The fourth-order valence-corrected chi connectivity index (χ4v) is 2.29. The summed E-state index contributed by atoms with van der Waals surface area (Å²) in [5.41, 5.74) is 4.78. The van der Waals surface area contributed by atoms with Crippen molar-refractivity contribution in [2.45, 2.75) is 12.6 Å². The van der Waals surface area contributed by atoms with Crippen molar-refractivity contribution in [3.63, 3.8) is 0 Å². The molecule has 110 valence electrons. The van der Waals surface area contributed by atoms with Crippen molar-refractivity contribution in [2.24, 2.45) is 11.7 Å². The smallest absolute Gasteiger partial charge is 0.389 e. The van der Waals surface area contributed by atoms with E-state index in [-0.39, 0.29) is 10.6 Å². The van der Waals surface area contributed by atoms with Crippen LogP contribution in [-0.4, -0.2) is 24.7 Å². The van der Waals surface area contributed by atoms with Gasteiger partial charge in [0.1, 0.15) is 4.99 Å². The monoisotopic (exact) mass is 304 g/mol. The Kier molecular flexibility index (Phi) is 4.49. The Morgan fingerprint density at radius 2 is 2.20 bits per heavy atom. The number of rotatable bonds is 4. The summed E-state index contributed by atoms with van der Waals surface area (Å²) in [6.45, 7) is 1.94. The average Bonchev–Trinajstić information content (AvgIpc) is 2.88. The van der Waals surface area contributed by atoms with E-state index in [0.717, 1.165) is 12.5 Å². The van der Waals surface area contributed by atoms with Crippen molar-refractivity contribution in [1.82, 2.24) is 0 Å². The van der Waals surface area contributed by atoms with Gasteiger partial charge in [-0.15, -0.1) is 0 Å². The number of benzene rings is 1.